The Hall–Kier alpha value is -1.40. The molecule has 0 aromatic heterocycles. The van der Waals surface area contributed by atoms with E-state index in [9.17, 15) is 4.79 Å². The first-order chi connectivity index (χ1) is 12.9. The van der Waals surface area contributed by atoms with E-state index in [0.717, 1.165) is 38.0 Å². The molecule has 0 saturated heterocycles. The maximum Gasteiger partial charge on any atom is 0.238 e. The zero-order valence-electron chi connectivity index (χ0n) is 17.5. The van der Waals surface area contributed by atoms with Crippen molar-refractivity contribution in [1.29, 1.82) is 0 Å². The summed E-state index contributed by atoms with van der Waals surface area (Å²) >= 11 is -0.231. The number of carbonyl (C=O) groups excluding carboxylic acids is 1. The molecule has 152 valence electrons. The second-order valence-corrected chi connectivity index (χ2v) is 9.41. The highest BCUT2D eigenvalue weighted by atomic mass is 32.2. The van der Waals surface area contributed by atoms with Crippen LogP contribution in [0.1, 0.15) is 63.7 Å². The third-order valence-electron chi connectivity index (χ3n) is 4.81. The molecule has 1 aliphatic rings. The van der Waals surface area contributed by atoms with E-state index < -0.39 is 5.60 Å². The summed E-state index contributed by atoms with van der Waals surface area (Å²) in [6.07, 6.45) is 4.46. The van der Waals surface area contributed by atoms with Crippen molar-refractivity contribution in [3.63, 3.8) is 0 Å². The van der Waals surface area contributed by atoms with Crippen LogP contribution in [0.25, 0.3) is 0 Å². The Kier molecular flexibility index (Phi) is 7.86. The predicted octanol–water partition coefficient (Wildman–Crippen LogP) is 4.15. The number of unbranched alkanes of at least 4 members (excludes halogenated alkanes) is 2. The average molecular weight is 397 g/mol. The van der Waals surface area contributed by atoms with Crippen molar-refractivity contribution in [1.82, 2.24) is 4.72 Å². The second kappa shape index (κ2) is 9.69. The second-order valence-electron chi connectivity index (χ2n) is 7.39. The van der Waals surface area contributed by atoms with Gasteiger partial charge in [0.05, 0.1) is 30.9 Å². The minimum absolute atomic E-state index is 0.130. The Morgan fingerprint density at radius 3 is 2.33 bits per heavy atom. The molecule has 2 atom stereocenters. The van der Waals surface area contributed by atoms with Gasteiger partial charge in [-0.3, -0.25) is 4.79 Å². The van der Waals surface area contributed by atoms with Crippen LogP contribution in [-0.4, -0.2) is 43.2 Å². The third kappa shape index (κ3) is 4.91. The van der Waals surface area contributed by atoms with Crippen LogP contribution in [-0.2, 0) is 11.1 Å². The highest BCUT2D eigenvalue weighted by Crippen LogP contribution is 2.42. The van der Waals surface area contributed by atoms with Gasteiger partial charge < -0.3 is 14.2 Å². The molecule has 5 nitrogen and oxygen atoms in total. The van der Waals surface area contributed by atoms with Crippen LogP contribution < -0.4 is 18.9 Å². The summed E-state index contributed by atoms with van der Waals surface area (Å²) in [6, 6.07) is 3.52. The lowest BCUT2D eigenvalue weighted by molar-refractivity contribution is 0.0646. The quantitative estimate of drug-likeness (QED) is 0.476. The summed E-state index contributed by atoms with van der Waals surface area (Å²) in [5, 5.41) is -0.216. The van der Waals surface area contributed by atoms with E-state index in [1.807, 2.05) is 13.8 Å². The van der Waals surface area contributed by atoms with Crippen molar-refractivity contribution in [3.8, 4) is 17.2 Å². The zero-order valence-corrected chi connectivity index (χ0v) is 18.3. The first-order valence-electron chi connectivity index (χ1n) is 9.82. The summed E-state index contributed by atoms with van der Waals surface area (Å²) in [4.78, 5) is 13.5. The van der Waals surface area contributed by atoms with Gasteiger partial charge >= 0.3 is 0 Å². The van der Waals surface area contributed by atoms with Crippen molar-refractivity contribution in [2.24, 2.45) is 0 Å². The molecule has 1 aliphatic heterocycles. The number of hydrogen-bond acceptors (Lipinski definition) is 5. The van der Waals surface area contributed by atoms with Crippen LogP contribution in [0.3, 0.4) is 0 Å². The van der Waals surface area contributed by atoms with Gasteiger partial charge in [-0.1, -0.05) is 26.7 Å². The van der Waals surface area contributed by atoms with Crippen LogP contribution in [0.2, 0.25) is 0 Å². The number of ketones is 1. The van der Waals surface area contributed by atoms with Gasteiger partial charge in [0.1, 0.15) is 11.5 Å². The van der Waals surface area contributed by atoms with Crippen LogP contribution >= 0.6 is 0 Å². The van der Waals surface area contributed by atoms with Crippen molar-refractivity contribution in [2.45, 2.75) is 64.2 Å². The molecule has 0 amide bonds. The van der Waals surface area contributed by atoms with Gasteiger partial charge in [-0.2, -0.15) is 0 Å². The smallest absolute Gasteiger partial charge is 0.238 e. The highest BCUT2D eigenvalue weighted by Gasteiger charge is 2.54. The van der Waals surface area contributed by atoms with E-state index in [-0.39, 0.29) is 22.1 Å². The lowest BCUT2D eigenvalue weighted by Gasteiger charge is -2.37. The molecule has 1 N–H and O–H groups in total. The minimum Gasteiger partial charge on any atom is -0.493 e. The van der Waals surface area contributed by atoms with Gasteiger partial charge in [-0.05, 0) is 32.8 Å². The topological polar surface area (TPSA) is 56.8 Å². The summed E-state index contributed by atoms with van der Waals surface area (Å²) in [5.74, 6) is 2.83. The van der Waals surface area contributed by atoms with Crippen molar-refractivity contribution < 1.29 is 19.0 Å². The van der Waals surface area contributed by atoms with Gasteiger partial charge in [-0.15, -0.1) is 4.72 Å². The van der Waals surface area contributed by atoms with Crippen molar-refractivity contribution in [3.05, 3.63) is 17.7 Å². The maximum absolute atomic E-state index is 13.5. The number of fused-ring (bicyclic) bond motifs is 1. The molecule has 2 unspecified atom stereocenters. The maximum atomic E-state index is 13.5. The Morgan fingerprint density at radius 2 is 1.74 bits per heavy atom. The van der Waals surface area contributed by atoms with E-state index in [0.29, 0.717) is 22.8 Å². The summed E-state index contributed by atoms with van der Waals surface area (Å²) in [6.45, 7) is 9.33. The first-order valence-corrected chi connectivity index (χ1v) is 11.3. The summed E-state index contributed by atoms with van der Waals surface area (Å²) in [5.41, 5.74) is 0.00278. The van der Waals surface area contributed by atoms with Crippen LogP contribution in [0, 0.1) is 0 Å². The molecule has 6 heteroatoms. The van der Waals surface area contributed by atoms with E-state index in [2.05, 4.69) is 18.6 Å². The minimum atomic E-state index is -0.584. The molecular formula is C21H34NO4S+. The molecule has 1 heterocycles. The number of nitrogens with one attached hydrogen (secondary N) is 1. The van der Waals surface area contributed by atoms with Crippen LogP contribution in [0.5, 0.6) is 17.2 Å². The molecule has 0 saturated carbocycles. The number of carbonyl (C=O) groups is 1. The Morgan fingerprint density at radius 1 is 1.11 bits per heavy atom. The monoisotopic (exact) mass is 396 g/mol. The van der Waals surface area contributed by atoms with E-state index in [1.165, 1.54) is 0 Å². The summed E-state index contributed by atoms with van der Waals surface area (Å²) in [7, 11) is 3.17. The number of benzene rings is 1. The molecule has 0 aliphatic carbocycles. The van der Waals surface area contributed by atoms with Gasteiger partial charge in [0.2, 0.25) is 11.0 Å². The fourth-order valence-electron chi connectivity index (χ4n) is 3.36. The lowest BCUT2D eigenvalue weighted by Crippen LogP contribution is -2.58. The SMILES string of the molecule is CCCCN[S+](CCCC)C1C(=O)c2cc(OC)c(OC)cc2OC1(C)C. The molecular weight excluding hydrogens is 362 g/mol. The molecule has 1 aromatic carbocycles. The number of methoxy groups -OCH3 is 2. The molecule has 0 radical (unpaired) electrons. The first kappa shape index (κ1) is 21.9. The van der Waals surface area contributed by atoms with Gasteiger partial charge in [0.15, 0.2) is 17.1 Å². The fourth-order valence-corrected chi connectivity index (χ4v) is 6.03. The Balaban J connectivity index is 2.39. The molecule has 0 spiro atoms. The zero-order chi connectivity index (χ0) is 20.0. The van der Waals surface area contributed by atoms with Crippen LogP contribution in [0.4, 0.5) is 0 Å². The van der Waals surface area contributed by atoms with E-state index >= 15 is 0 Å². The summed E-state index contributed by atoms with van der Waals surface area (Å²) < 4.78 is 20.8. The van der Waals surface area contributed by atoms with Crippen LogP contribution in [0.15, 0.2) is 12.1 Å². The largest absolute Gasteiger partial charge is 0.493 e. The number of rotatable bonds is 10. The van der Waals surface area contributed by atoms with E-state index in [4.69, 9.17) is 14.2 Å². The van der Waals surface area contributed by atoms with Crippen molar-refractivity contribution in [2.75, 3.05) is 26.5 Å². The Labute approximate surface area is 166 Å². The van der Waals surface area contributed by atoms with E-state index in [1.54, 1.807) is 26.4 Å². The number of hydrogen-bond donors (Lipinski definition) is 1. The highest BCUT2D eigenvalue weighted by molar-refractivity contribution is 7.96. The average Bonchev–Trinajstić information content (AvgIpc) is 2.64. The number of ether oxygens (including phenoxy) is 3. The van der Waals surface area contributed by atoms with Gasteiger partial charge in [0, 0.05) is 12.6 Å². The predicted molar refractivity (Wildman–Crippen MR) is 112 cm³/mol. The van der Waals surface area contributed by atoms with Gasteiger partial charge in [0.25, 0.3) is 0 Å². The lowest BCUT2D eigenvalue weighted by atomic mass is 9.92. The molecule has 0 bridgehead atoms. The normalized spacial score (nSPS) is 19.2. The van der Waals surface area contributed by atoms with Gasteiger partial charge in [-0.25, -0.2) is 0 Å². The van der Waals surface area contributed by atoms with Crippen molar-refractivity contribution >= 4 is 16.9 Å². The third-order valence-corrected chi connectivity index (χ3v) is 7.47. The number of Topliss-reactive ketones (excluding diaryl/α,β-unsaturated/α-hetero) is 1. The molecule has 27 heavy (non-hydrogen) atoms. The molecule has 1 aromatic rings. The molecule has 0 fully saturated rings. The standard InChI is InChI=1S/C21H34NO4S/c1-7-9-11-22-27(12-10-8-2)20-19(23)15-13-17(24-5)18(25-6)14-16(15)26-21(20,3)4/h13-14,20,22H,7-12H2,1-6H3/q+1. The Bertz CT molecular complexity index is 647. The fraction of sp³-hybridized carbons (Fsp3) is 0.667. The molecule has 2 rings (SSSR count).